The van der Waals surface area contributed by atoms with Crippen molar-refractivity contribution in [3.05, 3.63) is 23.8 Å². The second-order valence-electron chi connectivity index (χ2n) is 5.14. The van der Waals surface area contributed by atoms with Crippen molar-refractivity contribution in [2.75, 3.05) is 13.6 Å². The molecule has 0 saturated heterocycles. The molecule has 0 spiro atoms. The van der Waals surface area contributed by atoms with Gasteiger partial charge in [-0.1, -0.05) is 30.2 Å². The molecule has 2 aliphatic carbocycles. The molecule has 1 fully saturated rings. The van der Waals surface area contributed by atoms with Crippen LogP contribution in [0.5, 0.6) is 0 Å². The molecular formula is C14H23N. The topological polar surface area (TPSA) is 12.0 Å². The van der Waals surface area contributed by atoms with Gasteiger partial charge in [0, 0.05) is 6.54 Å². The summed E-state index contributed by atoms with van der Waals surface area (Å²) >= 11 is 0. The Labute approximate surface area is 93.6 Å². The Bertz CT molecular complexity index is 259. The normalized spacial score (nSPS) is 23.4. The van der Waals surface area contributed by atoms with Gasteiger partial charge in [0.25, 0.3) is 0 Å². The largest absolute Gasteiger partial charge is 0.319 e. The first-order valence-corrected chi connectivity index (χ1v) is 6.35. The van der Waals surface area contributed by atoms with Gasteiger partial charge >= 0.3 is 0 Å². The molecule has 0 amide bonds. The molecule has 84 valence electrons. The predicted octanol–water partition coefficient (Wildman–Crippen LogP) is 3.43. The average Bonchev–Trinajstić information content (AvgIpc) is 2.23. The molecule has 1 heteroatoms. The molecular weight excluding hydrogens is 182 g/mol. The first-order chi connectivity index (χ1) is 7.35. The first-order valence-electron chi connectivity index (χ1n) is 6.35. The van der Waals surface area contributed by atoms with Gasteiger partial charge < -0.3 is 5.32 Å². The number of rotatable bonds is 5. The maximum atomic E-state index is 3.36. The zero-order valence-corrected chi connectivity index (χ0v) is 9.89. The molecule has 0 aromatic heterocycles. The van der Waals surface area contributed by atoms with Crippen molar-refractivity contribution in [2.24, 2.45) is 5.41 Å². The molecule has 0 aliphatic heterocycles. The van der Waals surface area contributed by atoms with E-state index in [0.717, 1.165) is 0 Å². The zero-order chi connectivity index (χ0) is 10.6. The van der Waals surface area contributed by atoms with Crippen LogP contribution in [-0.4, -0.2) is 13.6 Å². The number of allylic oxidation sites excluding steroid dienone is 4. The minimum absolute atomic E-state index is 0.640. The Morgan fingerprint density at radius 1 is 1.33 bits per heavy atom. The Morgan fingerprint density at radius 3 is 2.73 bits per heavy atom. The molecule has 15 heavy (non-hydrogen) atoms. The van der Waals surface area contributed by atoms with Gasteiger partial charge in [-0.05, 0) is 51.0 Å². The fourth-order valence-corrected chi connectivity index (χ4v) is 2.83. The van der Waals surface area contributed by atoms with Crippen molar-refractivity contribution in [1.82, 2.24) is 5.32 Å². The fourth-order valence-electron chi connectivity index (χ4n) is 2.83. The second kappa shape index (κ2) is 4.98. The summed E-state index contributed by atoms with van der Waals surface area (Å²) < 4.78 is 0. The summed E-state index contributed by atoms with van der Waals surface area (Å²) in [6.45, 7) is 1.21. The number of hydrogen-bond acceptors (Lipinski definition) is 1. The first kappa shape index (κ1) is 10.9. The molecule has 0 radical (unpaired) electrons. The fraction of sp³-hybridized carbons (Fsp3) is 0.714. The van der Waals surface area contributed by atoms with Crippen molar-refractivity contribution >= 4 is 0 Å². The van der Waals surface area contributed by atoms with Gasteiger partial charge in [-0.25, -0.2) is 0 Å². The molecule has 0 bridgehead atoms. The van der Waals surface area contributed by atoms with Crippen LogP contribution in [0.3, 0.4) is 0 Å². The van der Waals surface area contributed by atoms with Crippen molar-refractivity contribution < 1.29 is 0 Å². The molecule has 0 aromatic carbocycles. The van der Waals surface area contributed by atoms with Gasteiger partial charge in [-0.15, -0.1) is 0 Å². The summed E-state index contributed by atoms with van der Waals surface area (Å²) in [7, 11) is 2.08. The molecule has 2 aliphatic rings. The van der Waals surface area contributed by atoms with E-state index in [4.69, 9.17) is 0 Å². The van der Waals surface area contributed by atoms with Crippen molar-refractivity contribution in [1.29, 1.82) is 0 Å². The molecule has 1 N–H and O–H groups in total. The van der Waals surface area contributed by atoms with Gasteiger partial charge in [0.05, 0.1) is 0 Å². The van der Waals surface area contributed by atoms with Gasteiger partial charge in [0.15, 0.2) is 0 Å². The highest BCUT2D eigenvalue weighted by Gasteiger charge is 2.35. The van der Waals surface area contributed by atoms with E-state index in [1.807, 2.05) is 0 Å². The smallest absolute Gasteiger partial charge is 0.000492 e. The lowest BCUT2D eigenvalue weighted by Crippen LogP contribution is -2.38. The SMILES string of the molecule is CNCC1(CCC2=CCCC=C2)CCC1. The Morgan fingerprint density at radius 2 is 2.20 bits per heavy atom. The Balaban J connectivity index is 1.80. The van der Waals surface area contributed by atoms with E-state index in [-0.39, 0.29) is 0 Å². The van der Waals surface area contributed by atoms with Crippen LogP contribution >= 0.6 is 0 Å². The summed E-state index contributed by atoms with van der Waals surface area (Å²) in [5.41, 5.74) is 2.21. The summed E-state index contributed by atoms with van der Waals surface area (Å²) in [6.07, 6.45) is 16.5. The van der Waals surface area contributed by atoms with Crippen LogP contribution < -0.4 is 5.32 Å². The highest BCUT2D eigenvalue weighted by Crippen LogP contribution is 2.45. The van der Waals surface area contributed by atoms with Crippen molar-refractivity contribution in [3.8, 4) is 0 Å². The lowest BCUT2D eigenvalue weighted by atomic mass is 9.65. The maximum absolute atomic E-state index is 3.36. The minimum atomic E-state index is 0.640. The summed E-state index contributed by atoms with van der Waals surface area (Å²) in [6, 6.07) is 0. The maximum Gasteiger partial charge on any atom is 0.000492 e. The van der Waals surface area contributed by atoms with E-state index in [0.29, 0.717) is 5.41 Å². The standard InChI is InChI=1S/C14H23N/c1-15-12-14(9-5-10-14)11-8-13-6-3-2-4-7-13/h3,6-7,15H,2,4-5,8-12H2,1H3. The van der Waals surface area contributed by atoms with Gasteiger partial charge in [0.2, 0.25) is 0 Å². The third kappa shape index (κ3) is 2.72. The van der Waals surface area contributed by atoms with Crippen LogP contribution in [-0.2, 0) is 0 Å². The molecule has 0 unspecified atom stereocenters. The van der Waals surface area contributed by atoms with Crippen LogP contribution in [0.2, 0.25) is 0 Å². The number of nitrogens with one attached hydrogen (secondary N) is 1. The molecule has 1 saturated carbocycles. The minimum Gasteiger partial charge on any atom is -0.319 e. The summed E-state index contributed by atoms with van der Waals surface area (Å²) in [5.74, 6) is 0. The Hall–Kier alpha value is -0.560. The Kier molecular flexibility index (Phi) is 3.63. The van der Waals surface area contributed by atoms with Crippen molar-refractivity contribution in [3.63, 3.8) is 0 Å². The van der Waals surface area contributed by atoms with Crippen LogP contribution in [0.1, 0.15) is 44.9 Å². The van der Waals surface area contributed by atoms with Gasteiger partial charge in [-0.3, -0.25) is 0 Å². The van der Waals surface area contributed by atoms with E-state index in [9.17, 15) is 0 Å². The quantitative estimate of drug-likeness (QED) is 0.725. The average molecular weight is 205 g/mol. The predicted molar refractivity (Wildman–Crippen MR) is 65.9 cm³/mol. The second-order valence-corrected chi connectivity index (χ2v) is 5.14. The lowest BCUT2D eigenvalue weighted by Gasteiger charge is -2.42. The summed E-state index contributed by atoms with van der Waals surface area (Å²) in [4.78, 5) is 0. The molecule has 1 nitrogen and oxygen atoms in total. The molecule has 0 heterocycles. The van der Waals surface area contributed by atoms with E-state index < -0.39 is 0 Å². The van der Waals surface area contributed by atoms with E-state index in [1.165, 1.54) is 51.5 Å². The molecule has 0 atom stereocenters. The third-order valence-corrected chi connectivity index (χ3v) is 3.98. The highest BCUT2D eigenvalue weighted by molar-refractivity contribution is 5.22. The number of hydrogen-bond donors (Lipinski definition) is 1. The van der Waals surface area contributed by atoms with Crippen LogP contribution in [0, 0.1) is 5.41 Å². The van der Waals surface area contributed by atoms with E-state index in [1.54, 1.807) is 5.57 Å². The van der Waals surface area contributed by atoms with Crippen LogP contribution in [0.15, 0.2) is 23.8 Å². The van der Waals surface area contributed by atoms with E-state index in [2.05, 4.69) is 30.6 Å². The molecule has 2 rings (SSSR count). The lowest BCUT2D eigenvalue weighted by molar-refractivity contribution is 0.121. The third-order valence-electron chi connectivity index (χ3n) is 3.98. The van der Waals surface area contributed by atoms with Gasteiger partial charge in [-0.2, -0.15) is 0 Å². The monoisotopic (exact) mass is 205 g/mol. The zero-order valence-electron chi connectivity index (χ0n) is 9.89. The van der Waals surface area contributed by atoms with E-state index >= 15 is 0 Å². The summed E-state index contributed by atoms with van der Waals surface area (Å²) in [5, 5.41) is 3.36. The van der Waals surface area contributed by atoms with Crippen molar-refractivity contribution in [2.45, 2.75) is 44.9 Å². The van der Waals surface area contributed by atoms with Crippen LogP contribution in [0.25, 0.3) is 0 Å². The molecule has 0 aromatic rings. The van der Waals surface area contributed by atoms with Crippen LogP contribution in [0.4, 0.5) is 0 Å². The highest BCUT2D eigenvalue weighted by atomic mass is 14.8. The van der Waals surface area contributed by atoms with Gasteiger partial charge in [0.1, 0.15) is 0 Å².